The minimum atomic E-state index is -3.67. The van der Waals surface area contributed by atoms with Crippen molar-refractivity contribution in [3.63, 3.8) is 0 Å². The maximum atomic E-state index is 13.0. The second kappa shape index (κ2) is 10.2. The van der Waals surface area contributed by atoms with Crippen molar-refractivity contribution in [1.29, 1.82) is 0 Å². The topological polar surface area (TPSA) is 84.9 Å². The van der Waals surface area contributed by atoms with Gasteiger partial charge in [-0.3, -0.25) is 4.79 Å². The predicted molar refractivity (Wildman–Crippen MR) is 126 cm³/mol. The van der Waals surface area contributed by atoms with Crippen LogP contribution in [0.4, 0.5) is 5.69 Å². The normalized spacial score (nSPS) is 19.2. The van der Waals surface area contributed by atoms with E-state index < -0.39 is 10.0 Å². The number of carbonyl (C=O) groups is 1. The summed E-state index contributed by atoms with van der Waals surface area (Å²) in [6.07, 6.45) is 3.25. The molecule has 1 fully saturated rings. The van der Waals surface area contributed by atoms with Gasteiger partial charge in [0, 0.05) is 18.3 Å². The Morgan fingerprint density at radius 2 is 2.00 bits per heavy atom. The third kappa shape index (κ3) is 5.11. The van der Waals surface area contributed by atoms with E-state index in [4.69, 9.17) is 9.47 Å². The zero-order chi connectivity index (χ0) is 22.6. The quantitative estimate of drug-likeness (QED) is 0.659. The number of nitrogens with zero attached hydrogens (tertiary/aromatic N) is 1. The second-order valence-electron chi connectivity index (χ2n) is 7.82. The molecule has 0 spiro atoms. The van der Waals surface area contributed by atoms with Crippen molar-refractivity contribution in [3.05, 3.63) is 53.6 Å². The first kappa shape index (κ1) is 23.1. The van der Waals surface area contributed by atoms with Gasteiger partial charge in [0.1, 0.15) is 5.75 Å². The van der Waals surface area contributed by atoms with Crippen molar-refractivity contribution in [2.24, 2.45) is 0 Å². The van der Waals surface area contributed by atoms with Gasteiger partial charge in [-0.2, -0.15) is 4.31 Å². The molecule has 1 unspecified atom stereocenters. The summed E-state index contributed by atoms with van der Waals surface area (Å²) in [5.74, 6) is 0.521. The average Bonchev–Trinajstić information content (AvgIpc) is 2.83. The van der Waals surface area contributed by atoms with Crippen LogP contribution in [-0.2, 0) is 26.0 Å². The summed E-state index contributed by atoms with van der Waals surface area (Å²) < 4.78 is 38.0. The molecule has 1 amide bonds. The van der Waals surface area contributed by atoms with Crippen LogP contribution in [0.5, 0.6) is 5.75 Å². The Labute approximate surface area is 193 Å². The summed E-state index contributed by atoms with van der Waals surface area (Å²) in [6.45, 7) is 1.38. The van der Waals surface area contributed by atoms with E-state index in [1.165, 1.54) is 34.7 Å². The van der Waals surface area contributed by atoms with Gasteiger partial charge < -0.3 is 14.8 Å². The standard InChI is InChI=1S/C23H28N2O5S2/c1-29-21-10-9-18(32(27,28)25-11-13-30-14-12-25)15-20(21)24-23(26)16-31-22-8-4-6-17-5-2-3-7-19(17)22/h2-3,5,7,9-10,15,22H,4,6,8,11-14,16H2,1H3,(H,24,26). The second-order valence-corrected chi connectivity index (χ2v) is 10.9. The molecule has 172 valence electrons. The van der Waals surface area contributed by atoms with E-state index in [0.717, 1.165) is 19.3 Å². The smallest absolute Gasteiger partial charge is 0.243 e. The van der Waals surface area contributed by atoms with Crippen LogP contribution in [0.2, 0.25) is 0 Å². The van der Waals surface area contributed by atoms with E-state index in [1.807, 2.05) is 6.07 Å². The van der Waals surface area contributed by atoms with Gasteiger partial charge in [-0.1, -0.05) is 24.3 Å². The number of anilines is 1. The zero-order valence-corrected chi connectivity index (χ0v) is 19.7. The van der Waals surface area contributed by atoms with Crippen molar-refractivity contribution in [3.8, 4) is 5.75 Å². The molecule has 0 bridgehead atoms. The third-order valence-electron chi connectivity index (χ3n) is 5.78. The first-order chi connectivity index (χ1) is 15.5. The van der Waals surface area contributed by atoms with Gasteiger partial charge in [0.25, 0.3) is 0 Å². The molecule has 2 aromatic rings. The molecule has 7 nitrogen and oxygen atoms in total. The maximum absolute atomic E-state index is 13.0. The van der Waals surface area contributed by atoms with Crippen molar-refractivity contribution >= 4 is 33.4 Å². The highest BCUT2D eigenvalue weighted by Crippen LogP contribution is 2.39. The monoisotopic (exact) mass is 476 g/mol. The van der Waals surface area contributed by atoms with Crippen molar-refractivity contribution in [1.82, 2.24) is 4.31 Å². The largest absolute Gasteiger partial charge is 0.495 e. The van der Waals surface area contributed by atoms with E-state index in [9.17, 15) is 13.2 Å². The molecule has 1 atom stereocenters. The fraction of sp³-hybridized carbons (Fsp3) is 0.435. The number of ether oxygens (including phenoxy) is 2. The molecule has 1 saturated heterocycles. The molecule has 1 aliphatic carbocycles. The molecule has 1 aliphatic heterocycles. The number of fused-ring (bicyclic) bond motifs is 1. The molecular weight excluding hydrogens is 448 g/mol. The fourth-order valence-corrected chi connectivity index (χ4v) is 6.73. The van der Waals surface area contributed by atoms with Crippen molar-refractivity contribution in [2.75, 3.05) is 44.5 Å². The first-order valence-electron chi connectivity index (χ1n) is 10.7. The van der Waals surface area contributed by atoms with E-state index in [0.29, 0.717) is 43.0 Å². The Balaban J connectivity index is 1.45. The summed E-state index contributed by atoms with van der Waals surface area (Å²) in [4.78, 5) is 12.9. The molecule has 9 heteroatoms. The number of benzene rings is 2. The van der Waals surface area contributed by atoms with Gasteiger partial charge in [-0.25, -0.2) is 8.42 Å². The Kier molecular flexibility index (Phi) is 7.40. The summed E-state index contributed by atoms with van der Waals surface area (Å²) in [6, 6.07) is 13.0. The predicted octanol–water partition coefficient (Wildman–Crippen LogP) is 3.47. The van der Waals surface area contributed by atoms with E-state index in [1.54, 1.807) is 17.8 Å². The van der Waals surface area contributed by atoms with Crippen LogP contribution in [0, 0.1) is 0 Å². The number of carbonyl (C=O) groups excluding carboxylic acids is 1. The van der Waals surface area contributed by atoms with Crippen molar-refractivity contribution in [2.45, 2.75) is 29.4 Å². The van der Waals surface area contributed by atoms with Crippen molar-refractivity contribution < 1.29 is 22.7 Å². The van der Waals surface area contributed by atoms with Gasteiger partial charge in [-0.05, 0) is 48.6 Å². The molecule has 1 heterocycles. The lowest BCUT2D eigenvalue weighted by Crippen LogP contribution is -2.40. The number of nitrogens with one attached hydrogen (secondary N) is 1. The molecule has 2 aromatic carbocycles. The van der Waals surface area contributed by atoms with Gasteiger partial charge in [0.05, 0.1) is 36.7 Å². The first-order valence-corrected chi connectivity index (χ1v) is 13.2. The SMILES string of the molecule is COc1ccc(S(=O)(=O)N2CCOCC2)cc1NC(=O)CSC1CCCc2ccccc21. The average molecular weight is 477 g/mol. The zero-order valence-electron chi connectivity index (χ0n) is 18.1. The highest BCUT2D eigenvalue weighted by molar-refractivity contribution is 8.00. The summed E-state index contributed by atoms with van der Waals surface area (Å²) in [5, 5.41) is 3.14. The van der Waals surface area contributed by atoms with Crippen LogP contribution in [0.25, 0.3) is 0 Å². The Morgan fingerprint density at radius 1 is 1.22 bits per heavy atom. The molecule has 2 aliphatic rings. The van der Waals surface area contributed by atoms with Crippen LogP contribution in [0.3, 0.4) is 0 Å². The summed E-state index contributed by atoms with van der Waals surface area (Å²) in [5.41, 5.74) is 3.03. The highest BCUT2D eigenvalue weighted by atomic mass is 32.2. The molecule has 1 N–H and O–H groups in total. The number of amides is 1. The molecule has 0 aromatic heterocycles. The van der Waals surface area contributed by atoms with Gasteiger partial charge in [-0.15, -0.1) is 11.8 Å². The van der Waals surface area contributed by atoms with Gasteiger partial charge >= 0.3 is 0 Å². The maximum Gasteiger partial charge on any atom is 0.243 e. The number of morpholine rings is 1. The van der Waals surface area contributed by atoms with E-state index in [-0.39, 0.29) is 16.6 Å². The lowest BCUT2D eigenvalue weighted by atomic mass is 9.91. The van der Waals surface area contributed by atoms with E-state index in [2.05, 4.69) is 23.5 Å². The van der Waals surface area contributed by atoms with Crippen LogP contribution >= 0.6 is 11.8 Å². The summed E-state index contributed by atoms with van der Waals surface area (Å²) in [7, 11) is -2.17. The molecule has 0 radical (unpaired) electrons. The number of hydrogen-bond donors (Lipinski definition) is 1. The minimum absolute atomic E-state index is 0.129. The molecule has 4 rings (SSSR count). The Morgan fingerprint density at radius 3 is 2.78 bits per heavy atom. The third-order valence-corrected chi connectivity index (χ3v) is 9.00. The highest BCUT2D eigenvalue weighted by Gasteiger charge is 2.27. The fourth-order valence-electron chi connectivity index (χ4n) is 4.13. The number of aryl methyl sites for hydroxylation is 1. The van der Waals surface area contributed by atoms with Gasteiger partial charge in [0.2, 0.25) is 15.9 Å². The minimum Gasteiger partial charge on any atom is -0.495 e. The number of rotatable bonds is 7. The van der Waals surface area contributed by atoms with Crippen LogP contribution in [0.1, 0.15) is 29.2 Å². The number of sulfonamides is 1. The van der Waals surface area contributed by atoms with Gasteiger partial charge in [0.15, 0.2) is 0 Å². The number of methoxy groups -OCH3 is 1. The number of thioether (sulfide) groups is 1. The molecular formula is C23H28N2O5S2. The molecule has 0 saturated carbocycles. The lowest BCUT2D eigenvalue weighted by Gasteiger charge is -2.26. The van der Waals surface area contributed by atoms with Crippen LogP contribution in [-0.4, -0.2) is 57.8 Å². The van der Waals surface area contributed by atoms with Crippen LogP contribution in [0.15, 0.2) is 47.4 Å². The lowest BCUT2D eigenvalue weighted by molar-refractivity contribution is -0.113. The summed E-state index contributed by atoms with van der Waals surface area (Å²) >= 11 is 1.62. The Hall–Kier alpha value is -2.07. The molecule has 32 heavy (non-hydrogen) atoms. The Bertz CT molecular complexity index is 1070. The number of hydrogen-bond acceptors (Lipinski definition) is 6. The van der Waals surface area contributed by atoms with Crippen LogP contribution < -0.4 is 10.1 Å². The van der Waals surface area contributed by atoms with E-state index >= 15 is 0 Å².